The number of carbonyl (C=O) groups excluding carboxylic acids is 2. The molecule has 1 N–H and O–H groups in total. The van der Waals surface area contributed by atoms with E-state index in [0.717, 1.165) is 0 Å². The normalized spacial score (nSPS) is 10.7. The lowest BCUT2D eigenvalue weighted by atomic mass is 10.3. The van der Waals surface area contributed by atoms with Crippen molar-refractivity contribution in [3.05, 3.63) is 30.3 Å². The van der Waals surface area contributed by atoms with Crippen molar-refractivity contribution in [2.45, 2.75) is 16.6 Å². The molecular formula is C13H14Cl3NO5. The topological polar surface area (TPSA) is 73.9 Å². The number of hydrogen-bond donors (Lipinski definition) is 1. The first-order valence-electron chi connectivity index (χ1n) is 6.24. The minimum absolute atomic E-state index is 0.0670. The van der Waals surface area contributed by atoms with Crippen LogP contribution in [0.1, 0.15) is 12.8 Å². The fourth-order valence-corrected chi connectivity index (χ4v) is 1.41. The van der Waals surface area contributed by atoms with Gasteiger partial charge in [-0.1, -0.05) is 53.0 Å². The highest BCUT2D eigenvalue weighted by Gasteiger charge is 2.22. The molecule has 0 aliphatic carbocycles. The van der Waals surface area contributed by atoms with Gasteiger partial charge in [0.25, 0.3) is 0 Å². The van der Waals surface area contributed by atoms with Gasteiger partial charge in [-0.2, -0.15) is 0 Å². The molecule has 6 nitrogen and oxygen atoms in total. The van der Waals surface area contributed by atoms with Crippen LogP contribution in [-0.4, -0.2) is 29.1 Å². The predicted octanol–water partition coefficient (Wildman–Crippen LogP) is 3.40. The zero-order valence-electron chi connectivity index (χ0n) is 11.4. The van der Waals surface area contributed by atoms with E-state index in [1.807, 2.05) is 18.2 Å². The number of benzene rings is 1. The van der Waals surface area contributed by atoms with Crippen molar-refractivity contribution in [1.29, 1.82) is 0 Å². The van der Waals surface area contributed by atoms with E-state index in [-0.39, 0.29) is 6.42 Å². The molecule has 0 aromatic heterocycles. The van der Waals surface area contributed by atoms with Gasteiger partial charge in [-0.25, -0.2) is 9.59 Å². The Labute approximate surface area is 142 Å². The lowest BCUT2D eigenvalue weighted by molar-refractivity contribution is -0.150. The quantitative estimate of drug-likeness (QED) is 0.472. The van der Waals surface area contributed by atoms with Gasteiger partial charge in [0.1, 0.15) is 12.4 Å². The van der Waals surface area contributed by atoms with Gasteiger partial charge in [-0.05, 0) is 18.6 Å². The zero-order chi connectivity index (χ0) is 16.4. The van der Waals surface area contributed by atoms with E-state index in [2.05, 4.69) is 9.57 Å². The van der Waals surface area contributed by atoms with Crippen molar-refractivity contribution in [1.82, 2.24) is 5.48 Å². The van der Waals surface area contributed by atoms with E-state index in [9.17, 15) is 9.59 Å². The fraction of sp³-hybridized carbons (Fsp3) is 0.385. The summed E-state index contributed by atoms with van der Waals surface area (Å²) in [6.45, 7) is -0.122. The minimum atomic E-state index is -1.73. The molecule has 0 aliphatic heterocycles. The number of carbonyl (C=O) groups is 2. The Morgan fingerprint density at radius 3 is 2.45 bits per heavy atom. The number of nitrogens with one attached hydrogen (secondary N) is 1. The molecule has 0 bridgehead atoms. The number of alkyl halides is 3. The number of rotatable bonds is 6. The summed E-state index contributed by atoms with van der Waals surface area (Å²) in [5.41, 5.74) is 1.79. The van der Waals surface area contributed by atoms with Crippen molar-refractivity contribution >= 4 is 46.9 Å². The van der Waals surface area contributed by atoms with E-state index >= 15 is 0 Å². The second-order valence-electron chi connectivity index (χ2n) is 4.03. The molecule has 1 amide bonds. The average molecular weight is 371 g/mol. The molecule has 0 saturated heterocycles. The monoisotopic (exact) mass is 369 g/mol. The third-order valence-corrected chi connectivity index (χ3v) is 2.48. The highest BCUT2D eigenvalue weighted by Crippen LogP contribution is 2.25. The van der Waals surface area contributed by atoms with Gasteiger partial charge in [-0.15, -0.1) is 5.48 Å². The SMILES string of the molecule is O=C(CCCOc1ccccc1)ONC(=O)OCC(Cl)(Cl)Cl. The van der Waals surface area contributed by atoms with Crippen molar-refractivity contribution in [3.8, 4) is 5.75 Å². The van der Waals surface area contributed by atoms with Crippen molar-refractivity contribution in [2.24, 2.45) is 0 Å². The smallest absolute Gasteiger partial charge is 0.440 e. The van der Waals surface area contributed by atoms with Gasteiger partial charge in [-0.3, -0.25) is 0 Å². The molecule has 1 aromatic rings. The summed E-state index contributed by atoms with van der Waals surface area (Å²) in [7, 11) is 0. The summed E-state index contributed by atoms with van der Waals surface area (Å²) >= 11 is 16.1. The van der Waals surface area contributed by atoms with Crippen LogP contribution in [-0.2, 0) is 14.4 Å². The van der Waals surface area contributed by atoms with Gasteiger partial charge < -0.3 is 14.3 Å². The van der Waals surface area contributed by atoms with E-state index < -0.39 is 22.5 Å². The molecule has 0 fully saturated rings. The van der Waals surface area contributed by atoms with Gasteiger partial charge in [0.15, 0.2) is 0 Å². The minimum Gasteiger partial charge on any atom is -0.494 e. The molecule has 22 heavy (non-hydrogen) atoms. The molecule has 0 unspecified atom stereocenters. The summed E-state index contributed by atoms with van der Waals surface area (Å²) in [5.74, 6) is 0.0757. The Balaban J connectivity index is 2.07. The van der Waals surface area contributed by atoms with Gasteiger partial charge in [0, 0.05) is 0 Å². The number of hydrogen-bond acceptors (Lipinski definition) is 5. The Morgan fingerprint density at radius 2 is 1.82 bits per heavy atom. The summed E-state index contributed by atoms with van der Waals surface area (Å²) in [4.78, 5) is 26.9. The lowest BCUT2D eigenvalue weighted by Crippen LogP contribution is -2.30. The highest BCUT2D eigenvalue weighted by atomic mass is 35.6. The van der Waals surface area contributed by atoms with Crippen molar-refractivity contribution < 1.29 is 23.9 Å². The maximum atomic E-state index is 11.3. The van der Waals surface area contributed by atoms with Crippen LogP contribution in [0.4, 0.5) is 4.79 Å². The molecule has 0 spiro atoms. The number of ether oxygens (including phenoxy) is 2. The van der Waals surface area contributed by atoms with E-state index in [0.29, 0.717) is 18.8 Å². The van der Waals surface area contributed by atoms with Crippen molar-refractivity contribution in [3.63, 3.8) is 0 Å². The van der Waals surface area contributed by atoms with Crippen molar-refractivity contribution in [2.75, 3.05) is 13.2 Å². The van der Waals surface area contributed by atoms with E-state index in [1.165, 1.54) is 0 Å². The molecule has 0 radical (unpaired) electrons. The second-order valence-corrected chi connectivity index (χ2v) is 6.55. The van der Waals surface area contributed by atoms with Gasteiger partial charge in [0.05, 0.1) is 13.0 Å². The van der Waals surface area contributed by atoms with Gasteiger partial charge in [0.2, 0.25) is 3.79 Å². The maximum absolute atomic E-state index is 11.3. The number of para-hydroxylation sites is 1. The second kappa shape index (κ2) is 9.61. The molecule has 0 atom stereocenters. The first-order chi connectivity index (χ1) is 10.4. The number of halogens is 3. The molecule has 0 heterocycles. The third-order valence-electron chi connectivity index (χ3n) is 2.15. The molecule has 1 aromatic carbocycles. The average Bonchev–Trinajstić information content (AvgIpc) is 2.48. The van der Waals surface area contributed by atoms with Crippen LogP contribution in [0.3, 0.4) is 0 Å². The maximum Gasteiger partial charge on any atom is 0.440 e. The molecule has 9 heteroatoms. The van der Waals surface area contributed by atoms with Crippen LogP contribution in [0.25, 0.3) is 0 Å². The lowest BCUT2D eigenvalue weighted by Gasteiger charge is -2.11. The summed E-state index contributed by atoms with van der Waals surface area (Å²) in [5, 5.41) is 0. The largest absolute Gasteiger partial charge is 0.494 e. The van der Waals surface area contributed by atoms with Gasteiger partial charge >= 0.3 is 12.1 Å². The number of hydroxylamine groups is 1. The first-order valence-corrected chi connectivity index (χ1v) is 7.37. The van der Waals surface area contributed by atoms with Crippen LogP contribution in [0.2, 0.25) is 0 Å². The van der Waals surface area contributed by atoms with Crippen LogP contribution in [0, 0.1) is 0 Å². The molecule has 0 aliphatic rings. The molecule has 0 saturated carbocycles. The molecular weight excluding hydrogens is 357 g/mol. The zero-order valence-corrected chi connectivity index (χ0v) is 13.7. The first kappa shape index (κ1) is 18.7. The predicted molar refractivity (Wildman–Crippen MR) is 82.0 cm³/mol. The molecule has 122 valence electrons. The summed E-state index contributed by atoms with van der Waals surface area (Å²) in [6, 6.07) is 9.17. The standard InChI is InChI=1S/C13H14Cl3NO5/c14-13(15,16)9-21-12(19)17-22-11(18)7-4-8-20-10-5-2-1-3-6-10/h1-3,5-6H,4,7-9H2,(H,17,19). The number of amides is 1. The van der Waals surface area contributed by atoms with Crippen LogP contribution < -0.4 is 10.2 Å². The fourth-order valence-electron chi connectivity index (χ4n) is 1.25. The van der Waals surface area contributed by atoms with Crippen LogP contribution in [0.5, 0.6) is 5.75 Å². The third kappa shape index (κ3) is 9.55. The summed E-state index contributed by atoms with van der Waals surface area (Å²) < 4.78 is 8.16. The van der Waals surface area contributed by atoms with Crippen LogP contribution in [0.15, 0.2) is 30.3 Å². The Kier molecular flexibility index (Phi) is 8.16. The van der Waals surface area contributed by atoms with E-state index in [4.69, 9.17) is 39.5 Å². The molecule has 1 rings (SSSR count). The Bertz CT molecular complexity index is 478. The van der Waals surface area contributed by atoms with Crippen LogP contribution >= 0.6 is 34.8 Å². The Hall–Kier alpha value is -1.37. The Morgan fingerprint density at radius 1 is 1.14 bits per heavy atom. The van der Waals surface area contributed by atoms with E-state index in [1.54, 1.807) is 17.6 Å². The highest BCUT2D eigenvalue weighted by molar-refractivity contribution is 6.67. The summed E-state index contributed by atoms with van der Waals surface area (Å²) in [6.07, 6.45) is -0.531.